The number of fused-ring (bicyclic) bond motifs is 2. The molecule has 4 fully saturated rings. The predicted molar refractivity (Wildman–Crippen MR) is 162 cm³/mol. The van der Waals surface area contributed by atoms with Gasteiger partial charge in [0.1, 0.15) is 35.1 Å². The van der Waals surface area contributed by atoms with Crippen molar-refractivity contribution in [1.29, 1.82) is 0 Å². The maximum atomic E-state index is 15.8. The van der Waals surface area contributed by atoms with Gasteiger partial charge in [0.25, 0.3) is 5.91 Å². The van der Waals surface area contributed by atoms with Gasteiger partial charge in [-0.25, -0.2) is 9.18 Å². The molecule has 1 unspecified atom stereocenters. The molecule has 3 aliphatic heterocycles. The van der Waals surface area contributed by atoms with Crippen LogP contribution in [0.1, 0.15) is 99.5 Å². The molecule has 4 atom stereocenters. The monoisotopic (exact) mass is 666 g/mol. The summed E-state index contributed by atoms with van der Waals surface area (Å²) in [6.45, 7) is 6.24. The van der Waals surface area contributed by atoms with Crippen LogP contribution in [0.2, 0.25) is 5.02 Å². The first-order valence-electron chi connectivity index (χ1n) is 16.0. The Kier molecular flexibility index (Phi) is 8.95. The summed E-state index contributed by atoms with van der Waals surface area (Å²) in [5.41, 5.74) is 1.14. The number of carbonyl (C=O) groups excluding carboxylic acids is 2. The molecule has 3 saturated heterocycles. The summed E-state index contributed by atoms with van der Waals surface area (Å²) in [7, 11) is 0. The van der Waals surface area contributed by atoms with Crippen molar-refractivity contribution >= 4 is 23.5 Å². The zero-order chi connectivity index (χ0) is 33.0. The SMILES string of the molecule is CC(C)(C)OC(=O)C1CCCN1C(=O)c1cc(C2CC2)c(CN2[C@@H]3CC[C@H]2C[C@@H](Oc2cc(Cl)cc(OC(F)(F)F)c2)C3)cc1F. The van der Waals surface area contributed by atoms with Crippen LogP contribution in [0.4, 0.5) is 17.6 Å². The van der Waals surface area contributed by atoms with Crippen LogP contribution in [-0.2, 0) is 16.1 Å². The predicted octanol–water partition coefficient (Wildman–Crippen LogP) is 7.78. The van der Waals surface area contributed by atoms with E-state index in [1.165, 1.54) is 23.1 Å². The molecule has 250 valence electrons. The van der Waals surface area contributed by atoms with Crippen LogP contribution in [0.3, 0.4) is 0 Å². The zero-order valence-corrected chi connectivity index (χ0v) is 26.9. The average molecular weight is 667 g/mol. The molecule has 1 amide bonds. The fraction of sp³-hybridized carbons (Fsp3) is 0.588. The quantitative estimate of drug-likeness (QED) is 0.212. The maximum Gasteiger partial charge on any atom is 0.573 e. The Morgan fingerprint density at radius 2 is 1.61 bits per heavy atom. The van der Waals surface area contributed by atoms with Crippen LogP contribution in [0, 0.1) is 5.82 Å². The van der Waals surface area contributed by atoms with E-state index >= 15 is 4.39 Å². The van der Waals surface area contributed by atoms with Crippen LogP contribution in [0.5, 0.6) is 11.5 Å². The minimum atomic E-state index is -4.84. The number of likely N-dealkylation sites (tertiary alicyclic amines) is 1. The second-order valence-corrected chi connectivity index (χ2v) is 14.4. The Labute approximate surface area is 271 Å². The van der Waals surface area contributed by atoms with Crippen molar-refractivity contribution in [3.05, 3.63) is 57.9 Å². The van der Waals surface area contributed by atoms with Crippen molar-refractivity contribution in [2.75, 3.05) is 6.54 Å². The van der Waals surface area contributed by atoms with Gasteiger partial charge in [-0.1, -0.05) is 11.6 Å². The summed E-state index contributed by atoms with van der Waals surface area (Å²) in [5, 5.41) is 0.0822. The number of rotatable bonds is 8. The van der Waals surface area contributed by atoms with Gasteiger partial charge >= 0.3 is 12.3 Å². The van der Waals surface area contributed by atoms with Crippen LogP contribution in [-0.4, -0.2) is 64.4 Å². The molecular formula is C34H39ClF4N2O5. The molecular weight excluding hydrogens is 628 g/mol. The van der Waals surface area contributed by atoms with E-state index in [4.69, 9.17) is 21.1 Å². The molecule has 7 nitrogen and oxygen atoms in total. The van der Waals surface area contributed by atoms with E-state index in [-0.39, 0.29) is 40.4 Å². The van der Waals surface area contributed by atoms with Gasteiger partial charge in [0, 0.05) is 36.3 Å². The van der Waals surface area contributed by atoms with Gasteiger partial charge in [0.2, 0.25) is 0 Å². The van der Waals surface area contributed by atoms with Crippen LogP contribution >= 0.6 is 11.6 Å². The van der Waals surface area contributed by atoms with Crippen LogP contribution in [0.25, 0.3) is 0 Å². The molecule has 3 heterocycles. The van der Waals surface area contributed by atoms with Crippen LogP contribution in [0.15, 0.2) is 30.3 Å². The zero-order valence-electron chi connectivity index (χ0n) is 26.2. The van der Waals surface area contributed by atoms with E-state index in [2.05, 4.69) is 9.64 Å². The highest BCUT2D eigenvalue weighted by Crippen LogP contribution is 2.45. The van der Waals surface area contributed by atoms with Crippen molar-refractivity contribution < 1.29 is 41.4 Å². The maximum absolute atomic E-state index is 15.8. The Bertz CT molecular complexity index is 1480. The number of piperidine rings is 1. The minimum Gasteiger partial charge on any atom is -0.490 e. The number of esters is 1. The normalized spacial score (nSPS) is 25.1. The number of carbonyl (C=O) groups is 2. The minimum absolute atomic E-state index is 0.00779. The molecule has 1 saturated carbocycles. The number of alkyl halides is 3. The van der Waals surface area contributed by atoms with Gasteiger partial charge in [-0.15, -0.1) is 13.2 Å². The summed E-state index contributed by atoms with van der Waals surface area (Å²) in [4.78, 5) is 30.3. The lowest BCUT2D eigenvalue weighted by Crippen LogP contribution is -2.46. The van der Waals surface area contributed by atoms with Gasteiger partial charge in [0.05, 0.1) is 5.56 Å². The molecule has 1 aliphatic carbocycles. The van der Waals surface area contributed by atoms with E-state index in [1.807, 2.05) is 0 Å². The largest absolute Gasteiger partial charge is 0.573 e. The average Bonchev–Trinajstić information content (AvgIpc) is 3.59. The van der Waals surface area contributed by atoms with Crippen molar-refractivity contribution in [2.24, 2.45) is 0 Å². The number of amides is 1. The van der Waals surface area contributed by atoms with Gasteiger partial charge in [-0.3, -0.25) is 9.69 Å². The third kappa shape index (κ3) is 7.56. The van der Waals surface area contributed by atoms with Crippen molar-refractivity contribution in [1.82, 2.24) is 9.80 Å². The van der Waals surface area contributed by atoms with E-state index in [0.29, 0.717) is 38.8 Å². The van der Waals surface area contributed by atoms with Gasteiger partial charge < -0.3 is 19.1 Å². The lowest BCUT2D eigenvalue weighted by Gasteiger charge is -2.39. The van der Waals surface area contributed by atoms with E-state index in [0.717, 1.165) is 42.9 Å². The molecule has 12 heteroatoms. The molecule has 2 aromatic rings. The molecule has 2 bridgehead atoms. The summed E-state index contributed by atoms with van der Waals surface area (Å²) in [6, 6.07) is 6.54. The number of nitrogens with zero attached hydrogens (tertiary/aromatic N) is 2. The lowest BCUT2D eigenvalue weighted by atomic mass is 9.95. The van der Waals surface area contributed by atoms with E-state index in [9.17, 15) is 22.8 Å². The molecule has 4 aliphatic rings. The van der Waals surface area contributed by atoms with Gasteiger partial charge in [-0.2, -0.15) is 0 Å². The molecule has 0 spiro atoms. The molecule has 2 aromatic carbocycles. The topological polar surface area (TPSA) is 68.3 Å². The molecule has 6 rings (SSSR count). The second kappa shape index (κ2) is 12.5. The molecule has 46 heavy (non-hydrogen) atoms. The number of benzene rings is 2. The highest BCUT2D eigenvalue weighted by molar-refractivity contribution is 6.30. The first kappa shape index (κ1) is 32.9. The Hall–Kier alpha value is -3.05. The van der Waals surface area contributed by atoms with Crippen LogP contribution < -0.4 is 9.47 Å². The lowest BCUT2D eigenvalue weighted by molar-refractivity contribution is -0.274. The van der Waals surface area contributed by atoms with E-state index in [1.54, 1.807) is 26.8 Å². The Morgan fingerprint density at radius 1 is 0.935 bits per heavy atom. The summed E-state index contributed by atoms with van der Waals surface area (Å²) in [6.07, 6.45) is 1.21. The first-order valence-corrected chi connectivity index (χ1v) is 16.4. The third-order valence-electron chi connectivity index (χ3n) is 9.24. The Balaban J connectivity index is 1.15. The standard InChI is InChI=1S/C34H39ClF4N2O5/c1-33(2,3)46-32(43)30-5-4-10-40(30)31(42)28-17-27(19-6-7-19)20(11-29(28)36)18-41-22-8-9-23(41)15-25(14-22)44-24-12-21(35)13-26(16-24)45-34(37,38)39/h11-13,16-17,19,22-23,25,30H,4-10,14-15,18H2,1-3H3/t22-,23+,25+,30?. The number of hydrogen-bond acceptors (Lipinski definition) is 6. The summed E-state index contributed by atoms with van der Waals surface area (Å²) in [5.74, 6) is -1.50. The van der Waals surface area contributed by atoms with E-state index < -0.39 is 41.4 Å². The molecule has 0 N–H and O–H groups in total. The second-order valence-electron chi connectivity index (χ2n) is 13.9. The fourth-order valence-corrected chi connectivity index (χ4v) is 7.47. The summed E-state index contributed by atoms with van der Waals surface area (Å²) < 4.78 is 69.7. The smallest absolute Gasteiger partial charge is 0.490 e. The van der Waals surface area contributed by atoms with Crippen molar-refractivity contribution in [3.8, 4) is 11.5 Å². The molecule has 0 radical (unpaired) electrons. The van der Waals surface area contributed by atoms with Crippen molar-refractivity contribution in [3.63, 3.8) is 0 Å². The third-order valence-corrected chi connectivity index (χ3v) is 9.46. The van der Waals surface area contributed by atoms with Crippen molar-refractivity contribution in [2.45, 2.75) is 121 Å². The van der Waals surface area contributed by atoms with Gasteiger partial charge in [0.15, 0.2) is 0 Å². The summed E-state index contributed by atoms with van der Waals surface area (Å²) >= 11 is 6.04. The number of halogens is 5. The number of hydrogen-bond donors (Lipinski definition) is 0. The first-order chi connectivity index (χ1) is 21.6. The number of ether oxygens (including phenoxy) is 3. The fourth-order valence-electron chi connectivity index (χ4n) is 7.25. The molecule has 0 aromatic heterocycles. The van der Waals surface area contributed by atoms with Gasteiger partial charge in [-0.05, 0) is 113 Å². The highest BCUT2D eigenvalue weighted by Gasteiger charge is 2.43. The highest BCUT2D eigenvalue weighted by atomic mass is 35.5. The Morgan fingerprint density at radius 3 is 2.24 bits per heavy atom.